The molecule has 0 aliphatic heterocycles. The number of hydrogen-bond donors (Lipinski definition) is 0. The Morgan fingerprint density at radius 3 is 2.32 bits per heavy atom. The molecule has 0 amide bonds. The van der Waals surface area contributed by atoms with Crippen LogP contribution in [-0.2, 0) is 0 Å². The van der Waals surface area contributed by atoms with Crippen LogP contribution >= 0.6 is 11.8 Å². The summed E-state index contributed by atoms with van der Waals surface area (Å²) in [6, 6.07) is 17.1. The van der Waals surface area contributed by atoms with Gasteiger partial charge in [-0.1, -0.05) is 0 Å². The summed E-state index contributed by atoms with van der Waals surface area (Å²) in [7, 11) is 0. The molecule has 0 aliphatic carbocycles. The van der Waals surface area contributed by atoms with E-state index in [0.717, 1.165) is 11.4 Å². The minimum absolute atomic E-state index is 0.286. The van der Waals surface area contributed by atoms with Gasteiger partial charge in [0.15, 0.2) is 0 Å². The first-order chi connectivity index (χ1) is 10.7. The molecular weight excluding hydrogens is 353 g/mol. The van der Waals surface area contributed by atoms with Crippen molar-refractivity contribution in [3.05, 3.63) is 59.7 Å². The maximum absolute atomic E-state index is 5.03. The predicted molar refractivity (Wildman–Crippen MR) is 102 cm³/mol. The predicted octanol–water partition coefficient (Wildman–Crippen LogP) is 4.85. The molecule has 0 unspecified atom stereocenters. The molecule has 1 nitrogen and oxygen atoms in total. The number of unbranched alkanes of at least 4 members (excludes halogenated alkanes) is 1. The molecule has 0 aliphatic rings. The van der Waals surface area contributed by atoms with Crippen LogP contribution in [0.25, 0.3) is 0 Å². The van der Waals surface area contributed by atoms with Crippen molar-refractivity contribution in [3.8, 4) is 0 Å². The van der Waals surface area contributed by atoms with Crippen molar-refractivity contribution in [2.24, 2.45) is 4.99 Å². The van der Waals surface area contributed by atoms with Crippen LogP contribution < -0.4 is 4.46 Å². The van der Waals surface area contributed by atoms with Crippen molar-refractivity contribution >= 4 is 40.8 Å². The standard InChI is InChI=1S/C19H23NSSe/c1-4-5-14-21-19(22-17-12-7-6-8-13-17)20-18-15(2)10-9-11-16(18)3/h6-13H,4-5,14H2,1-3H3. The van der Waals surface area contributed by atoms with Gasteiger partial charge in [0, 0.05) is 0 Å². The summed E-state index contributed by atoms with van der Waals surface area (Å²) in [5, 5.41) is 0. The average molecular weight is 376 g/mol. The van der Waals surface area contributed by atoms with E-state index in [1.54, 1.807) is 0 Å². The first-order valence-corrected chi connectivity index (χ1v) is 10.4. The number of nitrogens with zero attached hydrogens (tertiary/aromatic N) is 1. The fraction of sp³-hybridized carbons (Fsp3) is 0.316. The molecule has 3 heteroatoms. The van der Waals surface area contributed by atoms with Crippen molar-refractivity contribution in [2.75, 3.05) is 5.75 Å². The van der Waals surface area contributed by atoms with Crippen molar-refractivity contribution in [1.29, 1.82) is 0 Å². The van der Waals surface area contributed by atoms with Gasteiger partial charge < -0.3 is 0 Å². The van der Waals surface area contributed by atoms with E-state index < -0.39 is 0 Å². The Hall–Kier alpha value is -1.02. The second-order valence-electron chi connectivity index (χ2n) is 5.24. The summed E-state index contributed by atoms with van der Waals surface area (Å²) < 4.78 is 2.67. The van der Waals surface area contributed by atoms with Gasteiger partial charge in [0.1, 0.15) is 0 Å². The molecule has 0 radical (unpaired) electrons. The molecule has 22 heavy (non-hydrogen) atoms. The minimum atomic E-state index is 0.286. The number of thioether (sulfide) groups is 1. The Bertz CT molecular complexity index is 602. The van der Waals surface area contributed by atoms with Crippen LogP contribution in [-0.4, -0.2) is 24.7 Å². The molecule has 2 rings (SSSR count). The van der Waals surface area contributed by atoms with Crippen molar-refractivity contribution in [2.45, 2.75) is 33.6 Å². The van der Waals surface area contributed by atoms with Gasteiger partial charge in [-0.05, 0) is 0 Å². The fourth-order valence-corrected chi connectivity index (χ4v) is 5.59. The van der Waals surface area contributed by atoms with E-state index in [-0.39, 0.29) is 15.0 Å². The van der Waals surface area contributed by atoms with Gasteiger partial charge in [0.05, 0.1) is 0 Å². The van der Waals surface area contributed by atoms with Crippen LogP contribution in [0.15, 0.2) is 53.5 Å². The van der Waals surface area contributed by atoms with E-state index in [2.05, 4.69) is 69.3 Å². The van der Waals surface area contributed by atoms with Crippen LogP contribution in [0.3, 0.4) is 0 Å². The number of hydrogen-bond acceptors (Lipinski definition) is 2. The van der Waals surface area contributed by atoms with Gasteiger partial charge in [-0.2, -0.15) is 0 Å². The van der Waals surface area contributed by atoms with Crippen LogP contribution in [0.5, 0.6) is 0 Å². The third-order valence-electron chi connectivity index (χ3n) is 3.31. The first-order valence-electron chi connectivity index (χ1n) is 7.71. The van der Waals surface area contributed by atoms with Crippen molar-refractivity contribution in [1.82, 2.24) is 0 Å². The van der Waals surface area contributed by atoms with E-state index in [4.69, 9.17) is 4.99 Å². The SMILES string of the molecule is CCCCSC(=Nc1c(C)cccc1C)[Se]c1ccccc1. The molecule has 0 saturated heterocycles. The number of para-hydroxylation sites is 1. The molecule has 116 valence electrons. The Morgan fingerprint density at radius 1 is 1.00 bits per heavy atom. The normalized spacial score (nSPS) is 11.7. The van der Waals surface area contributed by atoms with E-state index >= 15 is 0 Å². The summed E-state index contributed by atoms with van der Waals surface area (Å²) in [5.74, 6) is 1.16. The summed E-state index contributed by atoms with van der Waals surface area (Å²) in [5.41, 5.74) is 3.68. The summed E-state index contributed by atoms with van der Waals surface area (Å²) >= 11 is 2.22. The molecule has 0 spiro atoms. The Labute approximate surface area is 144 Å². The molecule has 0 atom stereocenters. The van der Waals surface area contributed by atoms with Gasteiger partial charge in [0.2, 0.25) is 0 Å². The molecule has 0 heterocycles. The molecule has 0 bridgehead atoms. The van der Waals surface area contributed by atoms with Crippen molar-refractivity contribution in [3.63, 3.8) is 0 Å². The third kappa shape index (κ3) is 5.31. The zero-order valence-corrected chi connectivity index (χ0v) is 16.0. The quantitative estimate of drug-likeness (QED) is 0.304. The van der Waals surface area contributed by atoms with E-state index in [0.29, 0.717) is 0 Å². The molecule has 0 N–H and O–H groups in total. The van der Waals surface area contributed by atoms with Gasteiger partial charge >= 0.3 is 145 Å². The first kappa shape index (κ1) is 17.3. The number of benzene rings is 2. The molecule has 0 fully saturated rings. The summed E-state index contributed by atoms with van der Waals surface area (Å²) in [4.78, 5) is 5.03. The fourth-order valence-electron chi connectivity index (χ4n) is 2.05. The Kier molecular flexibility index (Phi) is 7.24. The second kappa shape index (κ2) is 9.19. The average Bonchev–Trinajstić information content (AvgIpc) is 2.52. The third-order valence-corrected chi connectivity index (χ3v) is 6.94. The zero-order valence-electron chi connectivity index (χ0n) is 13.5. The Balaban J connectivity index is 2.24. The summed E-state index contributed by atoms with van der Waals surface area (Å²) in [6.45, 7) is 6.54. The van der Waals surface area contributed by atoms with E-state index in [9.17, 15) is 0 Å². The molecule has 0 aromatic heterocycles. The van der Waals surface area contributed by atoms with Crippen LogP contribution in [0.4, 0.5) is 5.69 Å². The molecule has 2 aromatic carbocycles. The molecular formula is C19H23NSSe. The van der Waals surface area contributed by atoms with E-state index in [1.165, 1.54) is 32.4 Å². The van der Waals surface area contributed by atoms with Gasteiger partial charge in [-0.3, -0.25) is 0 Å². The van der Waals surface area contributed by atoms with Crippen molar-refractivity contribution < 1.29 is 0 Å². The maximum atomic E-state index is 5.03. The van der Waals surface area contributed by atoms with E-state index in [1.807, 2.05) is 11.8 Å². The van der Waals surface area contributed by atoms with Gasteiger partial charge in [-0.25, -0.2) is 0 Å². The second-order valence-corrected chi connectivity index (χ2v) is 9.13. The number of rotatable bonds is 6. The van der Waals surface area contributed by atoms with Crippen LogP contribution in [0, 0.1) is 13.8 Å². The molecule has 0 saturated carbocycles. The topological polar surface area (TPSA) is 12.4 Å². The Morgan fingerprint density at radius 2 is 1.68 bits per heavy atom. The number of aryl methyl sites for hydroxylation is 2. The van der Waals surface area contributed by atoms with Gasteiger partial charge in [0.25, 0.3) is 0 Å². The number of aliphatic imine (C=N–C) groups is 1. The summed E-state index contributed by atoms with van der Waals surface area (Å²) in [6.07, 6.45) is 2.49. The molecule has 2 aromatic rings. The van der Waals surface area contributed by atoms with Crippen LogP contribution in [0.1, 0.15) is 30.9 Å². The van der Waals surface area contributed by atoms with Gasteiger partial charge in [-0.15, -0.1) is 0 Å². The monoisotopic (exact) mass is 377 g/mol. The zero-order chi connectivity index (χ0) is 15.8. The van der Waals surface area contributed by atoms with Crippen LogP contribution in [0.2, 0.25) is 0 Å².